The van der Waals surface area contributed by atoms with Crippen molar-refractivity contribution >= 4 is 33.2 Å². The molecule has 2 atom stereocenters. The molecule has 0 bridgehead atoms. The van der Waals surface area contributed by atoms with Crippen molar-refractivity contribution in [2.75, 3.05) is 12.5 Å². The zero-order valence-electron chi connectivity index (χ0n) is 13.9. The second-order valence-corrected chi connectivity index (χ2v) is 8.70. The van der Waals surface area contributed by atoms with Gasteiger partial charge in [-0.25, -0.2) is 0 Å². The van der Waals surface area contributed by atoms with E-state index in [-0.39, 0.29) is 0 Å². The van der Waals surface area contributed by atoms with Gasteiger partial charge in [0.25, 0.3) is 0 Å². The second kappa shape index (κ2) is 7.65. The van der Waals surface area contributed by atoms with Crippen molar-refractivity contribution in [1.29, 1.82) is 0 Å². The molecule has 25 heavy (non-hydrogen) atoms. The maximum absolute atomic E-state index is 12.0. The highest BCUT2D eigenvalue weighted by Crippen LogP contribution is 2.36. The molecule has 2 unspecified atom stereocenters. The molecule has 0 saturated heterocycles. The summed E-state index contributed by atoms with van der Waals surface area (Å²) in [4.78, 5) is 1.54. The van der Waals surface area contributed by atoms with Gasteiger partial charge < -0.3 is 0 Å². The van der Waals surface area contributed by atoms with Crippen molar-refractivity contribution in [3.8, 4) is 22.3 Å². The van der Waals surface area contributed by atoms with Gasteiger partial charge in [0.2, 0.25) is 0 Å². The van der Waals surface area contributed by atoms with Crippen LogP contribution in [0.25, 0.3) is 22.3 Å². The fraction of sp³-hybridized carbons (Fsp3) is 0.100. The molecule has 0 fully saturated rings. The average Bonchev–Trinajstić information content (AvgIpc) is 2.61. The van der Waals surface area contributed by atoms with Crippen molar-refractivity contribution in [2.45, 2.75) is 9.79 Å². The first kappa shape index (κ1) is 18.1. The van der Waals surface area contributed by atoms with Crippen LogP contribution in [0.4, 0.5) is 0 Å². The van der Waals surface area contributed by atoms with E-state index in [2.05, 4.69) is 0 Å². The molecule has 0 aliphatic heterocycles. The van der Waals surface area contributed by atoms with Gasteiger partial charge in [0.05, 0.1) is 21.6 Å². The van der Waals surface area contributed by atoms with Crippen LogP contribution < -0.4 is 0 Å². The first-order valence-corrected chi connectivity index (χ1v) is 11.1. The Balaban J connectivity index is 2.13. The van der Waals surface area contributed by atoms with Crippen molar-refractivity contribution in [3.63, 3.8) is 0 Å². The van der Waals surface area contributed by atoms with Gasteiger partial charge in [0.1, 0.15) is 0 Å². The first-order valence-electron chi connectivity index (χ1n) is 7.64. The molecule has 0 aliphatic rings. The first-order chi connectivity index (χ1) is 12.0. The molecule has 3 rings (SSSR count). The van der Waals surface area contributed by atoms with E-state index in [0.29, 0.717) is 5.02 Å². The summed E-state index contributed by atoms with van der Waals surface area (Å²) < 4.78 is 24.0. The van der Waals surface area contributed by atoms with Gasteiger partial charge in [-0.15, -0.1) is 0 Å². The number of hydrogen-bond acceptors (Lipinski definition) is 2. The Kier molecular flexibility index (Phi) is 5.52. The standard InChI is InChI=1S/C20H17ClO2S2/c1-24(22)19-9-5-3-7-15(19)14-11-12-16(18(21)13-14)17-8-4-6-10-20(17)25(2)23/h3-13H,1-2H3. The van der Waals surface area contributed by atoms with Crippen LogP contribution in [-0.2, 0) is 21.6 Å². The second-order valence-electron chi connectivity index (χ2n) is 5.60. The fourth-order valence-corrected chi connectivity index (χ4v) is 4.60. The van der Waals surface area contributed by atoms with Crippen LogP contribution >= 0.6 is 11.6 Å². The van der Waals surface area contributed by atoms with Crippen LogP contribution in [0.1, 0.15) is 0 Å². The van der Waals surface area contributed by atoms with Gasteiger partial charge in [-0.2, -0.15) is 0 Å². The third-order valence-corrected chi connectivity index (χ3v) is 6.23. The molecule has 0 heterocycles. The van der Waals surface area contributed by atoms with Crippen molar-refractivity contribution in [2.24, 2.45) is 0 Å². The average molecular weight is 389 g/mol. The lowest BCUT2D eigenvalue weighted by Crippen LogP contribution is -1.94. The molecule has 0 saturated carbocycles. The molecule has 0 spiro atoms. The summed E-state index contributed by atoms with van der Waals surface area (Å²) >= 11 is 6.55. The summed E-state index contributed by atoms with van der Waals surface area (Å²) in [6, 6.07) is 20.9. The largest absolute Gasteiger partial charge is 0.255 e. The van der Waals surface area contributed by atoms with Crippen LogP contribution in [0.15, 0.2) is 76.5 Å². The molecule has 0 radical (unpaired) electrons. The minimum Gasteiger partial charge on any atom is -0.255 e. The van der Waals surface area contributed by atoms with E-state index >= 15 is 0 Å². The van der Waals surface area contributed by atoms with Crippen molar-refractivity contribution in [1.82, 2.24) is 0 Å². The molecule has 0 aromatic heterocycles. The topological polar surface area (TPSA) is 34.1 Å². The summed E-state index contributed by atoms with van der Waals surface area (Å²) in [6.07, 6.45) is 3.33. The number of halogens is 1. The fourth-order valence-electron chi connectivity index (χ4n) is 2.80. The van der Waals surface area contributed by atoms with E-state index in [0.717, 1.165) is 32.0 Å². The predicted octanol–water partition coefficient (Wildman–Crippen LogP) is 5.15. The Hall–Kier alpha value is -1.75. The van der Waals surface area contributed by atoms with E-state index in [9.17, 15) is 8.42 Å². The van der Waals surface area contributed by atoms with Gasteiger partial charge >= 0.3 is 0 Å². The van der Waals surface area contributed by atoms with Crippen LogP contribution in [0, 0.1) is 0 Å². The summed E-state index contributed by atoms with van der Waals surface area (Å²) in [7, 11) is -2.18. The lowest BCUT2D eigenvalue weighted by atomic mass is 10.00. The highest BCUT2D eigenvalue weighted by atomic mass is 35.5. The van der Waals surface area contributed by atoms with Crippen molar-refractivity contribution in [3.05, 3.63) is 71.8 Å². The Morgan fingerprint density at radius 3 is 1.76 bits per heavy atom. The minimum absolute atomic E-state index is 0.576. The highest BCUT2D eigenvalue weighted by Gasteiger charge is 2.13. The van der Waals surface area contributed by atoms with Crippen LogP contribution in [0.5, 0.6) is 0 Å². The van der Waals surface area contributed by atoms with Gasteiger partial charge in [0, 0.05) is 32.9 Å². The van der Waals surface area contributed by atoms with Gasteiger partial charge in [-0.3, -0.25) is 8.42 Å². The molecule has 128 valence electrons. The van der Waals surface area contributed by atoms with Crippen LogP contribution in [0.2, 0.25) is 5.02 Å². The Labute approximate surface area is 157 Å². The summed E-state index contributed by atoms with van der Waals surface area (Å²) in [6.45, 7) is 0. The number of rotatable bonds is 4. The third kappa shape index (κ3) is 3.76. The van der Waals surface area contributed by atoms with Crippen LogP contribution in [-0.4, -0.2) is 20.9 Å². The zero-order valence-corrected chi connectivity index (χ0v) is 16.3. The molecule has 0 aliphatic carbocycles. The van der Waals surface area contributed by atoms with Crippen LogP contribution in [0.3, 0.4) is 0 Å². The Morgan fingerprint density at radius 2 is 1.20 bits per heavy atom. The Morgan fingerprint density at radius 1 is 0.680 bits per heavy atom. The third-order valence-electron chi connectivity index (χ3n) is 3.96. The smallest absolute Gasteiger partial charge is 0.0504 e. The SMILES string of the molecule is CS(=O)c1ccccc1-c1ccc(-c2ccccc2S(C)=O)c(Cl)c1. The van der Waals surface area contributed by atoms with E-state index < -0.39 is 21.6 Å². The maximum atomic E-state index is 12.0. The molecule has 5 heteroatoms. The quantitative estimate of drug-likeness (QED) is 0.619. The van der Waals surface area contributed by atoms with E-state index in [1.54, 1.807) is 12.5 Å². The minimum atomic E-state index is -1.10. The maximum Gasteiger partial charge on any atom is 0.0504 e. The molecular formula is C20H17ClO2S2. The monoisotopic (exact) mass is 388 g/mol. The zero-order chi connectivity index (χ0) is 18.0. The summed E-state index contributed by atoms with van der Waals surface area (Å²) in [5.74, 6) is 0. The van der Waals surface area contributed by atoms with E-state index in [4.69, 9.17) is 11.6 Å². The molecule has 0 N–H and O–H groups in total. The molecule has 3 aromatic carbocycles. The predicted molar refractivity (Wildman–Crippen MR) is 107 cm³/mol. The highest BCUT2D eigenvalue weighted by molar-refractivity contribution is 7.84. The lowest BCUT2D eigenvalue weighted by Gasteiger charge is -2.12. The molecule has 3 aromatic rings. The van der Waals surface area contributed by atoms with Gasteiger partial charge in [-0.1, -0.05) is 60.1 Å². The molecule has 0 amide bonds. The normalized spacial score (nSPS) is 13.4. The van der Waals surface area contributed by atoms with E-state index in [1.165, 1.54) is 0 Å². The van der Waals surface area contributed by atoms with Gasteiger partial charge in [-0.05, 0) is 34.9 Å². The summed E-state index contributed by atoms with van der Waals surface area (Å²) in [5.41, 5.74) is 3.53. The van der Waals surface area contributed by atoms with E-state index in [1.807, 2.05) is 66.7 Å². The number of hydrogen-bond donors (Lipinski definition) is 0. The summed E-state index contributed by atoms with van der Waals surface area (Å²) in [5, 5.41) is 0.576. The van der Waals surface area contributed by atoms with Gasteiger partial charge in [0.15, 0.2) is 0 Å². The molecule has 2 nitrogen and oxygen atoms in total. The van der Waals surface area contributed by atoms with Crippen molar-refractivity contribution < 1.29 is 8.42 Å². The Bertz CT molecular complexity index is 983. The number of benzene rings is 3. The lowest BCUT2D eigenvalue weighted by molar-refractivity contribution is 0.686. The molecular weight excluding hydrogens is 372 g/mol.